The second-order valence-corrected chi connectivity index (χ2v) is 5.04. The summed E-state index contributed by atoms with van der Waals surface area (Å²) in [6.07, 6.45) is 0. The van der Waals surface area contributed by atoms with Gasteiger partial charge in [-0.15, -0.1) is 0 Å². The van der Waals surface area contributed by atoms with Crippen LogP contribution in [0.5, 0.6) is 11.5 Å². The lowest BCUT2D eigenvalue weighted by molar-refractivity contribution is 0.101. The summed E-state index contributed by atoms with van der Waals surface area (Å²) in [6, 6.07) is 3.80. The highest BCUT2D eigenvalue weighted by molar-refractivity contribution is 5.67. The van der Waals surface area contributed by atoms with Gasteiger partial charge in [0.25, 0.3) is 0 Å². The Hall–Kier alpha value is -1.50. The van der Waals surface area contributed by atoms with Crippen molar-refractivity contribution in [1.82, 2.24) is 4.90 Å². The van der Waals surface area contributed by atoms with E-state index in [1.165, 1.54) is 0 Å². The Morgan fingerprint density at radius 3 is 2.45 bits per heavy atom. The van der Waals surface area contributed by atoms with Gasteiger partial charge in [0.05, 0.1) is 19.0 Å². The van der Waals surface area contributed by atoms with Gasteiger partial charge >= 0.3 is 0 Å². The van der Waals surface area contributed by atoms with Crippen molar-refractivity contribution in [3.05, 3.63) is 17.7 Å². The van der Waals surface area contributed by atoms with Crippen LogP contribution in [-0.2, 0) is 6.61 Å². The summed E-state index contributed by atoms with van der Waals surface area (Å²) in [5.41, 5.74) is 1.80. The van der Waals surface area contributed by atoms with E-state index in [9.17, 15) is 5.11 Å². The first-order chi connectivity index (χ1) is 9.81. The maximum Gasteiger partial charge on any atom is 0.184 e. The van der Waals surface area contributed by atoms with E-state index < -0.39 is 0 Å². The summed E-state index contributed by atoms with van der Waals surface area (Å²) in [5.74, 6) is 1.48. The molecule has 0 amide bonds. The largest absolute Gasteiger partial charge is 0.486 e. The van der Waals surface area contributed by atoms with Gasteiger partial charge < -0.3 is 24.6 Å². The third kappa shape index (κ3) is 2.54. The van der Waals surface area contributed by atoms with Crippen LogP contribution >= 0.6 is 0 Å². The second kappa shape index (κ2) is 5.87. The number of ether oxygens (including phenoxy) is 2. The van der Waals surface area contributed by atoms with Crippen LogP contribution in [0.25, 0.3) is 0 Å². The Morgan fingerprint density at radius 1 is 1.00 bits per heavy atom. The Labute approximate surface area is 118 Å². The lowest BCUT2D eigenvalue weighted by Gasteiger charge is -2.36. The van der Waals surface area contributed by atoms with Crippen LogP contribution in [-0.4, -0.2) is 61.2 Å². The molecule has 0 bridgehead atoms. The number of hydrogen-bond donors (Lipinski definition) is 2. The van der Waals surface area contributed by atoms with Crippen LogP contribution in [0.1, 0.15) is 5.56 Å². The van der Waals surface area contributed by atoms with E-state index in [2.05, 4.69) is 4.90 Å². The molecule has 1 saturated heterocycles. The standard InChI is InChI=1S/C14H20N2O4/c17-9-11-7-12(14-13(8-11)19-5-6-20-14)16-3-1-15(10-18)2-4-16/h7-8,17-18H,1-6,9-10H2. The number of rotatable bonds is 3. The molecule has 1 aromatic rings. The van der Waals surface area contributed by atoms with Crippen molar-refractivity contribution in [2.75, 3.05) is 51.0 Å². The molecule has 0 spiro atoms. The van der Waals surface area contributed by atoms with Crippen molar-refractivity contribution in [2.24, 2.45) is 0 Å². The first-order valence-corrected chi connectivity index (χ1v) is 6.93. The molecule has 2 aliphatic rings. The fourth-order valence-electron chi connectivity index (χ4n) is 2.65. The highest BCUT2D eigenvalue weighted by atomic mass is 16.6. The number of nitrogens with zero attached hydrogens (tertiary/aromatic N) is 2. The van der Waals surface area contributed by atoms with Gasteiger partial charge in [-0.2, -0.15) is 0 Å². The average molecular weight is 280 g/mol. The summed E-state index contributed by atoms with van der Waals surface area (Å²) in [7, 11) is 0. The molecule has 2 aliphatic heterocycles. The van der Waals surface area contributed by atoms with Crippen LogP contribution < -0.4 is 14.4 Å². The fraction of sp³-hybridized carbons (Fsp3) is 0.571. The quantitative estimate of drug-likeness (QED) is 0.814. The predicted octanol–water partition coefficient (Wildman–Crippen LogP) is 0.0219. The number of anilines is 1. The monoisotopic (exact) mass is 280 g/mol. The SMILES string of the molecule is OCc1cc2c(c(N3CCN(CO)CC3)c1)OCCO2. The molecular weight excluding hydrogens is 260 g/mol. The molecule has 6 nitrogen and oxygen atoms in total. The first-order valence-electron chi connectivity index (χ1n) is 6.93. The van der Waals surface area contributed by atoms with Gasteiger partial charge in [-0.1, -0.05) is 0 Å². The number of aliphatic hydroxyl groups is 2. The molecule has 0 aliphatic carbocycles. The van der Waals surface area contributed by atoms with E-state index in [-0.39, 0.29) is 13.3 Å². The van der Waals surface area contributed by atoms with Gasteiger partial charge in [0.1, 0.15) is 13.2 Å². The Kier molecular flexibility index (Phi) is 3.95. The molecule has 1 fully saturated rings. The van der Waals surface area contributed by atoms with Crippen LogP contribution in [0.15, 0.2) is 12.1 Å². The number of benzene rings is 1. The zero-order chi connectivity index (χ0) is 13.9. The number of fused-ring (bicyclic) bond motifs is 1. The van der Waals surface area contributed by atoms with Crippen molar-refractivity contribution < 1.29 is 19.7 Å². The van der Waals surface area contributed by atoms with Crippen molar-refractivity contribution in [1.29, 1.82) is 0 Å². The lowest BCUT2D eigenvalue weighted by Crippen LogP contribution is -2.46. The second-order valence-electron chi connectivity index (χ2n) is 5.04. The third-order valence-electron chi connectivity index (χ3n) is 3.78. The van der Waals surface area contributed by atoms with Crippen molar-refractivity contribution in [3.63, 3.8) is 0 Å². The molecule has 2 N–H and O–H groups in total. The minimum absolute atomic E-state index is 0.0136. The molecule has 1 aromatic carbocycles. The summed E-state index contributed by atoms with van der Waals surface area (Å²) < 4.78 is 11.4. The Bertz CT molecular complexity index is 472. The number of hydrogen-bond acceptors (Lipinski definition) is 6. The maximum atomic E-state index is 9.39. The van der Waals surface area contributed by atoms with Gasteiger partial charge in [0.2, 0.25) is 0 Å². The third-order valence-corrected chi connectivity index (χ3v) is 3.78. The smallest absolute Gasteiger partial charge is 0.184 e. The minimum Gasteiger partial charge on any atom is -0.486 e. The lowest BCUT2D eigenvalue weighted by atomic mass is 10.1. The van der Waals surface area contributed by atoms with Crippen LogP contribution in [0, 0.1) is 0 Å². The topological polar surface area (TPSA) is 65.4 Å². The molecule has 6 heteroatoms. The van der Waals surface area contributed by atoms with E-state index in [0.717, 1.165) is 43.2 Å². The van der Waals surface area contributed by atoms with Crippen molar-refractivity contribution in [3.8, 4) is 11.5 Å². The van der Waals surface area contributed by atoms with E-state index in [0.29, 0.717) is 19.0 Å². The zero-order valence-corrected chi connectivity index (χ0v) is 11.4. The zero-order valence-electron chi connectivity index (χ0n) is 11.4. The molecule has 0 radical (unpaired) electrons. The van der Waals surface area contributed by atoms with Crippen molar-refractivity contribution in [2.45, 2.75) is 6.61 Å². The molecule has 2 heterocycles. The van der Waals surface area contributed by atoms with Gasteiger partial charge in [0, 0.05) is 26.2 Å². The molecule has 0 atom stereocenters. The van der Waals surface area contributed by atoms with E-state index in [4.69, 9.17) is 14.6 Å². The highest BCUT2D eigenvalue weighted by Gasteiger charge is 2.24. The molecule has 0 aromatic heterocycles. The molecular formula is C14H20N2O4. The Morgan fingerprint density at radius 2 is 1.75 bits per heavy atom. The molecule has 20 heavy (non-hydrogen) atoms. The van der Waals surface area contributed by atoms with Crippen LogP contribution in [0.3, 0.4) is 0 Å². The fourth-order valence-corrected chi connectivity index (χ4v) is 2.65. The van der Waals surface area contributed by atoms with Gasteiger partial charge in [-0.3, -0.25) is 4.90 Å². The Balaban J connectivity index is 1.88. The van der Waals surface area contributed by atoms with Crippen LogP contribution in [0.4, 0.5) is 5.69 Å². The summed E-state index contributed by atoms with van der Waals surface area (Å²) in [4.78, 5) is 4.22. The van der Waals surface area contributed by atoms with Crippen LogP contribution in [0.2, 0.25) is 0 Å². The molecule has 3 rings (SSSR count). The first kappa shape index (κ1) is 13.5. The van der Waals surface area contributed by atoms with Crippen molar-refractivity contribution >= 4 is 5.69 Å². The molecule has 0 unspecified atom stereocenters. The average Bonchev–Trinajstić information content (AvgIpc) is 2.54. The van der Waals surface area contributed by atoms with Gasteiger partial charge in [-0.25, -0.2) is 0 Å². The summed E-state index contributed by atoms with van der Waals surface area (Å²) in [5, 5.41) is 18.5. The van der Waals surface area contributed by atoms with Gasteiger partial charge in [-0.05, 0) is 17.7 Å². The highest BCUT2D eigenvalue weighted by Crippen LogP contribution is 2.41. The van der Waals surface area contributed by atoms with E-state index in [1.54, 1.807) is 0 Å². The number of aliphatic hydroxyl groups excluding tert-OH is 2. The summed E-state index contributed by atoms with van der Waals surface area (Å²) in [6.45, 7) is 4.46. The maximum absolute atomic E-state index is 9.39. The normalized spacial score (nSPS) is 19.2. The summed E-state index contributed by atoms with van der Waals surface area (Å²) >= 11 is 0. The minimum atomic E-state index is -0.0136. The van der Waals surface area contributed by atoms with Gasteiger partial charge in [0.15, 0.2) is 11.5 Å². The predicted molar refractivity (Wildman–Crippen MR) is 74.2 cm³/mol. The molecule has 110 valence electrons. The van der Waals surface area contributed by atoms with E-state index in [1.807, 2.05) is 17.0 Å². The molecule has 0 saturated carbocycles. The van der Waals surface area contributed by atoms with E-state index >= 15 is 0 Å². The number of piperazine rings is 1.